The Morgan fingerprint density at radius 1 is 1.12 bits per heavy atom. The van der Waals surface area contributed by atoms with E-state index in [1.54, 1.807) is 19.1 Å². The normalized spacial score (nSPS) is 11.1. The van der Waals surface area contributed by atoms with Gasteiger partial charge in [0.25, 0.3) is 0 Å². The molecule has 0 aliphatic heterocycles. The van der Waals surface area contributed by atoms with E-state index >= 15 is 0 Å². The van der Waals surface area contributed by atoms with Crippen LogP contribution in [0.3, 0.4) is 0 Å². The Hall–Kier alpha value is -2.34. The van der Waals surface area contributed by atoms with Crippen LogP contribution in [0.1, 0.15) is 25.3 Å². The Morgan fingerprint density at radius 2 is 1.84 bits per heavy atom. The van der Waals surface area contributed by atoms with Crippen LogP contribution in [0.15, 0.2) is 53.4 Å². The molecule has 0 saturated heterocycles. The first-order valence-corrected chi connectivity index (χ1v) is 9.88. The topological polar surface area (TPSA) is 72.5 Å². The molecule has 134 valence electrons. The number of ether oxygens (including phenoxy) is 1. The lowest BCUT2D eigenvalue weighted by Crippen LogP contribution is -2.13. The van der Waals surface area contributed by atoms with E-state index in [1.807, 2.05) is 31.2 Å². The first-order valence-electron chi connectivity index (χ1n) is 8.23. The van der Waals surface area contributed by atoms with E-state index in [0.29, 0.717) is 25.1 Å². The molecule has 0 saturated carbocycles. The van der Waals surface area contributed by atoms with Crippen molar-refractivity contribution in [3.63, 3.8) is 0 Å². The lowest BCUT2D eigenvalue weighted by Gasteiger charge is -2.08. The highest BCUT2D eigenvalue weighted by Gasteiger charge is 2.11. The quantitative estimate of drug-likeness (QED) is 0.729. The van der Waals surface area contributed by atoms with E-state index in [0.717, 1.165) is 11.3 Å². The second kappa shape index (κ2) is 8.67. The highest BCUT2D eigenvalue weighted by atomic mass is 32.2. The smallest absolute Gasteiger partial charge is 0.224 e. The molecule has 1 amide bonds. The number of hydrogen-bond acceptors (Lipinski definition) is 4. The van der Waals surface area contributed by atoms with Gasteiger partial charge in [-0.1, -0.05) is 19.1 Å². The van der Waals surface area contributed by atoms with Crippen molar-refractivity contribution in [1.29, 1.82) is 0 Å². The molecule has 6 heteroatoms. The number of hydrogen-bond donors (Lipinski definition) is 1. The number of benzene rings is 2. The third kappa shape index (κ3) is 5.90. The second-order valence-electron chi connectivity index (χ2n) is 5.74. The molecule has 0 aliphatic carbocycles. The molecular weight excluding hydrogens is 338 g/mol. The highest BCUT2D eigenvalue weighted by molar-refractivity contribution is 7.91. The van der Waals surface area contributed by atoms with Crippen LogP contribution in [0.2, 0.25) is 0 Å². The summed E-state index contributed by atoms with van der Waals surface area (Å²) in [6, 6.07) is 14.0. The largest absolute Gasteiger partial charge is 0.494 e. The minimum Gasteiger partial charge on any atom is -0.494 e. The number of anilines is 1. The van der Waals surface area contributed by atoms with Crippen molar-refractivity contribution in [2.24, 2.45) is 0 Å². The maximum absolute atomic E-state index is 11.9. The van der Waals surface area contributed by atoms with Gasteiger partial charge in [-0.3, -0.25) is 4.79 Å². The summed E-state index contributed by atoms with van der Waals surface area (Å²) in [6.45, 7) is 4.06. The molecule has 0 heterocycles. The molecular formula is C19H23NO4S. The van der Waals surface area contributed by atoms with Gasteiger partial charge >= 0.3 is 0 Å². The first kappa shape index (κ1) is 19.0. The van der Waals surface area contributed by atoms with Crippen molar-refractivity contribution in [2.45, 2.75) is 31.6 Å². The fraction of sp³-hybridized carbons (Fsp3) is 0.316. The van der Waals surface area contributed by atoms with Gasteiger partial charge in [0.1, 0.15) is 5.75 Å². The van der Waals surface area contributed by atoms with Crippen molar-refractivity contribution < 1.29 is 17.9 Å². The van der Waals surface area contributed by atoms with Crippen molar-refractivity contribution >= 4 is 21.4 Å². The fourth-order valence-electron chi connectivity index (χ4n) is 2.26. The SMILES string of the molecule is CCS(=O)(=O)c1ccc(NC(=O)CCCOc2cccc(C)c2)cc1. The van der Waals surface area contributed by atoms with E-state index < -0.39 is 9.84 Å². The van der Waals surface area contributed by atoms with Crippen molar-refractivity contribution in [3.05, 3.63) is 54.1 Å². The van der Waals surface area contributed by atoms with Gasteiger partial charge in [0.05, 0.1) is 17.3 Å². The molecule has 0 radical (unpaired) electrons. The third-order valence-electron chi connectivity index (χ3n) is 3.68. The van der Waals surface area contributed by atoms with Gasteiger partial charge in [-0.15, -0.1) is 0 Å². The van der Waals surface area contributed by atoms with E-state index in [9.17, 15) is 13.2 Å². The predicted octanol–water partition coefficient (Wildman–Crippen LogP) is 3.59. The molecule has 2 aromatic carbocycles. The number of nitrogens with one attached hydrogen (secondary N) is 1. The van der Waals surface area contributed by atoms with Crippen molar-refractivity contribution in [3.8, 4) is 5.75 Å². The summed E-state index contributed by atoms with van der Waals surface area (Å²) >= 11 is 0. The number of amides is 1. The average Bonchev–Trinajstić information content (AvgIpc) is 2.59. The summed E-state index contributed by atoms with van der Waals surface area (Å²) in [5, 5.41) is 2.76. The maximum atomic E-state index is 11.9. The summed E-state index contributed by atoms with van der Waals surface area (Å²) < 4.78 is 29.1. The van der Waals surface area contributed by atoms with Crippen molar-refractivity contribution in [1.82, 2.24) is 0 Å². The molecule has 2 rings (SSSR count). The first-order chi connectivity index (χ1) is 11.9. The van der Waals surface area contributed by atoms with E-state index in [4.69, 9.17) is 4.74 Å². The average molecular weight is 361 g/mol. The van der Waals surface area contributed by atoms with Crippen LogP contribution in [-0.2, 0) is 14.6 Å². The van der Waals surface area contributed by atoms with Crippen LogP contribution in [-0.4, -0.2) is 26.7 Å². The third-order valence-corrected chi connectivity index (χ3v) is 5.43. The summed E-state index contributed by atoms with van der Waals surface area (Å²) in [5.41, 5.74) is 1.71. The van der Waals surface area contributed by atoms with Gasteiger partial charge in [0.15, 0.2) is 9.84 Å². The highest BCUT2D eigenvalue weighted by Crippen LogP contribution is 2.16. The Labute approximate surface area is 148 Å². The summed E-state index contributed by atoms with van der Waals surface area (Å²) in [7, 11) is -3.22. The van der Waals surface area contributed by atoms with Crippen LogP contribution >= 0.6 is 0 Å². The molecule has 0 fully saturated rings. The number of aryl methyl sites for hydroxylation is 1. The molecule has 0 bridgehead atoms. The van der Waals surface area contributed by atoms with Crippen LogP contribution in [0, 0.1) is 6.92 Å². The Morgan fingerprint density at radius 3 is 2.48 bits per heavy atom. The van der Waals surface area contributed by atoms with Crippen LogP contribution < -0.4 is 10.1 Å². The predicted molar refractivity (Wildman–Crippen MR) is 98.7 cm³/mol. The van der Waals surface area contributed by atoms with Gasteiger partial charge < -0.3 is 10.1 Å². The molecule has 0 unspecified atom stereocenters. The summed E-state index contributed by atoms with van der Waals surface area (Å²) in [6.07, 6.45) is 0.933. The van der Waals surface area contributed by atoms with E-state index in [2.05, 4.69) is 5.32 Å². The van der Waals surface area contributed by atoms with E-state index in [1.165, 1.54) is 12.1 Å². The van der Waals surface area contributed by atoms with Crippen LogP contribution in [0.5, 0.6) is 5.75 Å². The van der Waals surface area contributed by atoms with Gasteiger partial charge in [0.2, 0.25) is 5.91 Å². The Bertz CT molecular complexity index is 814. The Kier molecular flexibility index (Phi) is 6.58. The van der Waals surface area contributed by atoms with Gasteiger partial charge in [-0.05, 0) is 55.3 Å². The molecule has 25 heavy (non-hydrogen) atoms. The number of carbonyl (C=O) groups excluding carboxylic acids is 1. The minimum absolute atomic E-state index is 0.0552. The molecule has 1 N–H and O–H groups in total. The van der Waals surface area contributed by atoms with Gasteiger partial charge in [-0.2, -0.15) is 0 Å². The number of carbonyl (C=O) groups is 1. The summed E-state index contributed by atoms with van der Waals surface area (Å²) in [5.74, 6) is 0.728. The fourth-order valence-corrected chi connectivity index (χ4v) is 3.15. The number of rotatable bonds is 8. The zero-order chi connectivity index (χ0) is 18.3. The monoisotopic (exact) mass is 361 g/mol. The Balaban J connectivity index is 1.76. The zero-order valence-corrected chi connectivity index (χ0v) is 15.3. The zero-order valence-electron chi connectivity index (χ0n) is 14.5. The molecule has 0 aliphatic rings. The van der Waals surface area contributed by atoms with E-state index in [-0.39, 0.29) is 16.6 Å². The molecule has 0 aromatic heterocycles. The molecule has 0 spiro atoms. The lowest BCUT2D eigenvalue weighted by atomic mass is 10.2. The minimum atomic E-state index is -3.22. The molecule has 0 atom stereocenters. The molecule has 2 aromatic rings. The van der Waals surface area contributed by atoms with Gasteiger partial charge in [-0.25, -0.2) is 8.42 Å². The molecule has 5 nitrogen and oxygen atoms in total. The second-order valence-corrected chi connectivity index (χ2v) is 8.02. The summed E-state index contributed by atoms with van der Waals surface area (Å²) in [4.78, 5) is 12.2. The number of sulfone groups is 1. The van der Waals surface area contributed by atoms with Crippen molar-refractivity contribution in [2.75, 3.05) is 17.7 Å². The van der Waals surface area contributed by atoms with Crippen LogP contribution in [0.4, 0.5) is 5.69 Å². The van der Waals surface area contributed by atoms with Crippen LogP contribution in [0.25, 0.3) is 0 Å². The standard InChI is InChI=1S/C19H23NO4S/c1-3-25(22,23)18-11-9-16(10-12-18)20-19(21)8-5-13-24-17-7-4-6-15(2)14-17/h4,6-7,9-12,14H,3,5,8,13H2,1-2H3,(H,20,21). The lowest BCUT2D eigenvalue weighted by molar-refractivity contribution is -0.116. The maximum Gasteiger partial charge on any atom is 0.224 e. The van der Waals surface area contributed by atoms with Gasteiger partial charge in [0, 0.05) is 12.1 Å².